The minimum atomic E-state index is 0.0963. The number of nitrogens with one attached hydrogen (secondary N) is 1. The average Bonchev–Trinajstić information content (AvgIpc) is 3.32. The number of carbonyl (C=O) groups excluding carboxylic acids is 1. The Morgan fingerprint density at radius 3 is 2.93 bits per heavy atom. The van der Waals surface area contributed by atoms with Crippen molar-refractivity contribution in [2.45, 2.75) is 32.3 Å². The van der Waals surface area contributed by atoms with Gasteiger partial charge in [-0.2, -0.15) is 0 Å². The number of hydrogen-bond donors (Lipinski definition) is 1. The second-order valence-corrected chi connectivity index (χ2v) is 8.46. The Labute approximate surface area is 180 Å². The fraction of sp³-hybridized carbons (Fsp3) is 0.391. The van der Waals surface area contributed by atoms with Crippen molar-refractivity contribution in [2.75, 3.05) is 31.1 Å². The molecule has 0 spiro atoms. The third-order valence-corrected chi connectivity index (χ3v) is 6.21. The number of pyridine rings is 1. The number of aryl methyl sites for hydroxylation is 1. The van der Waals surface area contributed by atoms with Gasteiger partial charge in [0.15, 0.2) is 0 Å². The van der Waals surface area contributed by atoms with Gasteiger partial charge >= 0.3 is 0 Å². The lowest BCUT2D eigenvalue weighted by molar-refractivity contribution is -0.117. The molecule has 3 aromatic rings. The van der Waals surface area contributed by atoms with Crippen molar-refractivity contribution < 1.29 is 9.53 Å². The largest absolute Gasteiger partial charge is 0.375 e. The quantitative estimate of drug-likeness (QED) is 0.695. The number of halogens is 1. The molecular weight excluding hydrogens is 400 g/mol. The molecule has 6 nitrogen and oxygen atoms in total. The fourth-order valence-electron chi connectivity index (χ4n) is 4.36. The lowest BCUT2D eigenvalue weighted by Gasteiger charge is -2.24. The van der Waals surface area contributed by atoms with Gasteiger partial charge in [-0.3, -0.25) is 4.79 Å². The van der Waals surface area contributed by atoms with Gasteiger partial charge in [-0.25, -0.2) is 4.98 Å². The molecule has 1 N–H and O–H groups in total. The van der Waals surface area contributed by atoms with E-state index >= 15 is 0 Å². The summed E-state index contributed by atoms with van der Waals surface area (Å²) in [5.41, 5.74) is 5.76. The lowest BCUT2D eigenvalue weighted by atomic mass is 10.0. The number of amides is 1. The third-order valence-electron chi connectivity index (χ3n) is 5.90. The van der Waals surface area contributed by atoms with Crippen molar-refractivity contribution in [2.24, 2.45) is 0 Å². The maximum absolute atomic E-state index is 12.1. The van der Waals surface area contributed by atoms with Crippen LogP contribution in [0, 0.1) is 6.92 Å². The molecule has 2 fully saturated rings. The highest BCUT2D eigenvalue weighted by Gasteiger charge is 2.25. The number of anilines is 1. The van der Waals surface area contributed by atoms with Crippen molar-refractivity contribution >= 4 is 28.8 Å². The molecule has 7 heteroatoms. The molecule has 2 aromatic heterocycles. The van der Waals surface area contributed by atoms with Gasteiger partial charge in [0.25, 0.3) is 0 Å². The molecule has 4 heterocycles. The number of nitrogens with zero attached hydrogens (tertiary/aromatic N) is 3. The number of fused-ring (bicyclic) bond motifs is 1. The first-order chi connectivity index (χ1) is 14.6. The zero-order valence-electron chi connectivity index (χ0n) is 17.0. The Bertz CT molecular complexity index is 1100. The van der Waals surface area contributed by atoms with Crippen LogP contribution in [-0.4, -0.2) is 47.6 Å². The summed E-state index contributed by atoms with van der Waals surface area (Å²) in [6, 6.07) is 10.0. The molecule has 1 aromatic carbocycles. The molecule has 30 heavy (non-hydrogen) atoms. The first-order valence-electron chi connectivity index (χ1n) is 10.5. The van der Waals surface area contributed by atoms with Crippen molar-refractivity contribution in [3.63, 3.8) is 0 Å². The van der Waals surface area contributed by atoms with E-state index in [2.05, 4.69) is 35.0 Å². The molecular formula is C23H25ClN4O2. The Balaban J connectivity index is 1.57. The predicted molar refractivity (Wildman–Crippen MR) is 118 cm³/mol. The number of hydrogen-bond acceptors (Lipinski definition) is 4. The van der Waals surface area contributed by atoms with E-state index in [0.29, 0.717) is 11.4 Å². The summed E-state index contributed by atoms with van der Waals surface area (Å²) in [5, 5.41) is 4.01. The molecule has 1 amide bonds. The van der Waals surface area contributed by atoms with Gasteiger partial charge in [0, 0.05) is 49.9 Å². The number of carbonyl (C=O) groups is 1. The van der Waals surface area contributed by atoms with Crippen LogP contribution >= 0.6 is 11.6 Å². The predicted octanol–water partition coefficient (Wildman–Crippen LogP) is 3.62. The molecule has 5 rings (SSSR count). The molecule has 0 unspecified atom stereocenters. The Hall–Kier alpha value is -2.41. The molecule has 0 saturated carbocycles. The van der Waals surface area contributed by atoms with Gasteiger partial charge in [0.05, 0.1) is 29.1 Å². The number of imidazole rings is 1. The zero-order valence-corrected chi connectivity index (χ0v) is 17.8. The van der Waals surface area contributed by atoms with Crippen LogP contribution in [0.2, 0.25) is 5.02 Å². The topological polar surface area (TPSA) is 58.9 Å². The van der Waals surface area contributed by atoms with E-state index in [1.807, 2.05) is 23.1 Å². The van der Waals surface area contributed by atoms with Crippen molar-refractivity contribution in [1.29, 1.82) is 0 Å². The number of rotatable bonds is 4. The van der Waals surface area contributed by atoms with Gasteiger partial charge in [0.2, 0.25) is 5.91 Å². The standard InChI is InChI=1S/C23H25ClN4O2/c1-15-6-9-28-20(13-17-14-25-7-10-30-17)23(26-21(28)11-15)18-5-4-16(12-19(18)24)27-8-2-3-22(27)29/h4-6,9,11-12,17,25H,2-3,7-8,10,13-14H2,1H3/t17-/m0/s1. The normalized spacial score (nSPS) is 19.7. The summed E-state index contributed by atoms with van der Waals surface area (Å²) >= 11 is 6.73. The summed E-state index contributed by atoms with van der Waals surface area (Å²) in [5.74, 6) is 0.157. The minimum absolute atomic E-state index is 0.0963. The van der Waals surface area contributed by atoms with Crippen molar-refractivity contribution in [3.8, 4) is 11.3 Å². The van der Waals surface area contributed by atoms with Gasteiger partial charge in [-0.05, 0) is 49.2 Å². The first-order valence-corrected chi connectivity index (χ1v) is 10.9. The van der Waals surface area contributed by atoms with Crippen molar-refractivity contribution in [3.05, 3.63) is 52.8 Å². The summed E-state index contributed by atoms with van der Waals surface area (Å²) in [4.78, 5) is 18.9. The van der Waals surface area contributed by atoms with Gasteiger partial charge in [0.1, 0.15) is 5.65 Å². The molecule has 0 bridgehead atoms. The summed E-state index contributed by atoms with van der Waals surface area (Å²) < 4.78 is 8.10. The van der Waals surface area contributed by atoms with E-state index in [1.165, 1.54) is 0 Å². The minimum Gasteiger partial charge on any atom is -0.375 e. The Morgan fingerprint density at radius 2 is 2.20 bits per heavy atom. The Morgan fingerprint density at radius 1 is 1.30 bits per heavy atom. The second kappa shape index (κ2) is 8.02. The summed E-state index contributed by atoms with van der Waals surface area (Å²) in [6.07, 6.45) is 4.40. The van der Waals surface area contributed by atoms with E-state index in [1.54, 1.807) is 0 Å². The van der Waals surface area contributed by atoms with Crippen molar-refractivity contribution in [1.82, 2.24) is 14.7 Å². The van der Waals surface area contributed by atoms with E-state index in [9.17, 15) is 4.79 Å². The van der Waals surface area contributed by atoms with E-state index < -0.39 is 0 Å². The van der Waals surface area contributed by atoms with Crippen LogP contribution in [-0.2, 0) is 16.0 Å². The summed E-state index contributed by atoms with van der Waals surface area (Å²) in [6.45, 7) is 5.24. The van der Waals surface area contributed by atoms with Gasteiger partial charge < -0.3 is 19.4 Å². The van der Waals surface area contributed by atoms with E-state index in [-0.39, 0.29) is 12.0 Å². The van der Waals surface area contributed by atoms with Crippen LogP contribution in [0.5, 0.6) is 0 Å². The molecule has 2 aliphatic rings. The molecule has 0 radical (unpaired) electrons. The lowest BCUT2D eigenvalue weighted by Crippen LogP contribution is -2.39. The zero-order chi connectivity index (χ0) is 20.7. The second-order valence-electron chi connectivity index (χ2n) is 8.05. The van der Waals surface area contributed by atoms with Gasteiger partial charge in [-0.15, -0.1) is 0 Å². The number of benzene rings is 1. The highest BCUT2D eigenvalue weighted by molar-refractivity contribution is 6.33. The average molecular weight is 425 g/mol. The maximum atomic E-state index is 12.1. The van der Waals surface area contributed by atoms with Crippen LogP contribution in [0.25, 0.3) is 16.9 Å². The highest BCUT2D eigenvalue weighted by atomic mass is 35.5. The number of morpholine rings is 1. The molecule has 1 atom stereocenters. The van der Waals surface area contributed by atoms with Crippen LogP contribution in [0.4, 0.5) is 5.69 Å². The third kappa shape index (κ3) is 3.60. The maximum Gasteiger partial charge on any atom is 0.227 e. The van der Waals surface area contributed by atoms with Crippen LogP contribution in [0.1, 0.15) is 24.1 Å². The first kappa shape index (κ1) is 19.5. The van der Waals surface area contributed by atoms with Crippen LogP contribution < -0.4 is 10.2 Å². The van der Waals surface area contributed by atoms with Crippen LogP contribution in [0.3, 0.4) is 0 Å². The summed E-state index contributed by atoms with van der Waals surface area (Å²) in [7, 11) is 0. The number of aromatic nitrogens is 2. The van der Waals surface area contributed by atoms with Crippen LogP contribution in [0.15, 0.2) is 36.5 Å². The Kier molecular flexibility index (Phi) is 5.23. The SMILES string of the molecule is Cc1ccn2c(C[C@H]3CNCCO3)c(-c3ccc(N4CCCC4=O)cc3Cl)nc2c1. The fourth-order valence-corrected chi connectivity index (χ4v) is 4.62. The highest BCUT2D eigenvalue weighted by Crippen LogP contribution is 2.35. The monoisotopic (exact) mass is 424 g/mol. The number of ether oxygens (including phenoxy) is 1. The molecule has 0 aliphatic carbocycles. The smallest absolute Gasteiger partial charge is 0.227 e. The van der Waals surface area contributed by atoms with E-state index in [4.69, 9.17) is 21.3 Å². The molecule has 2 aliphatic heterocycles. The molecule has 2 saturated heterocycles. The molecule has 156 valence electrons. The van der Waals surface area contributed by atoms with Gasteiger partial charge in [-0.1, -0.05) is 11.6 Å². The van der Waals surface area contributed by atoms with E-state index in [0.717, 1.165) is 72.9 Å².